The third kappa shape index (κ3) is 9.44. The number of aliphatic hydroxyl groups is 1. The van der Waals surface area contributed by atoms with Crippen molar-refractivity contribution in [2.45, 2.75) is 37.4 Å². The molecular weight excluding hydrogens is 380 g/mol. The van der Waals surface area contributed by atoms with Crippen LogP contribution in [-0.2, 0) is 28.8 Å². The summed E-state index contributed by atoms with van der Waals surface area (Å²) in [6.45, 7) is -1.40. The highest BCUT2D eigenvalue weighted by molar-refractivity contribution is 5.95. The molecule has 0 fully saturated rings. The lowest BCUT2D eigenvalue weighted by Crippen LogP contribution is -2.57. The quantitative estimate of drug-likeness (QED) is 0.145. The van der Waals surface area contributed by atoms with Crippen molar-refractivity contribution in [1.29, 1.82) is 0 Å². The fourth-order valence-electron chi connectivity index (χ4n) is 1.95. The molecule has 0 heterocycles. The van der Waals surface area contributed by atoms with E-state index in [1.165, 1.54) is 0 Å². The van der Waals surface area contributed by atoms with Gasteiger partial charge in [-0.3, -0.25) is 24.0 Å². The van der Waals surface area contributed by atoms with E-state index in [1.54, 1.807) is 0 Å². The summed E-state index contributed by atoms with van der Waals surface area (Å²) in [4.78, 5) is 68.6. The molecule has 0 saturated heterocycles. The number of rotatable bonds is 13. The molecular formula is C14H24N6O8. The number of aliphatic carboxylic acids is 1. The summed E-state index contributed by atoms with van der Waals surface area (Å²) in [7, 11) is 0. The van der Waals surface area contributed by atoms with Crippen LogP contribution < -0.4 is 33.2 Å². The zero-order valence-corrected chi connectivity index (χ0v) is 14.8. The smallest absolute Gasteiger partial charge is 0.326 e. The van der Waals surface area contributed by atoms with Crippen molar-refractivity contribution in [3.05, 3.63) is 0 Å². The summed E-state index contributed by atoms with van der Waals surface area (Å²) in [6.07, 6.45) is -1.23. The van der Waals surface area contributed by atoms with E-state index in [0.29, 0.717) is 0 Å². The number of carboxylic acid groups (broad SMARTS) is 1. The lowest BCUT2D eigenvalue weighted by Gasteiger charge is -2.22. The molecule has 158 valence electrons. The van der Waals surface area contributed by atoms with Gasteiger partial charge in [-0.2, -0.15) is 0 Å². The number of hydrogen-bond acceptors (Lipinski definition) is 8. The lowest BCUT2D eigenvalue weighted by molar-refractivity contribution is -0.143. The summed E-state index contributed by atoms with van der Waals surface area (Å²) in [5.74, 6) is -6.05. The van der Waals surface area contributed by atoms with E-state index in [9.17, 15) is 33.9 Å². The van der Waals surface area contributed by atoms with Crippen molar-refractivity contribution in [2.75, 3.05) is 13.2 Å². The fourth-order valence-corrected chi connectivity index (χ4v) is 1.95. The first-order valence-corrected chi connectivity index (χ1v) is 8.02. The van der Waals surface area contributed by atoms with Crippen LogP contribution in [0.2, 0.25) is 0 Å². The molecule has 11 N–H and O–H groups in total. The Kier molecular flexibility index (Phi) is 10.8. The highest BCUT2D eigenvalue weighted by atomic mass is 16.4. The van der Waals surface area contributed by atoms with Gasteiger partial charge in [-0.25, -0.2) is 4.79 Å². The molecule has 0 aliphatic heterocycles. The van der Waals surface area contributed by atoms with E-state index in [0.717, 1.165) is 0 Å². The van der Waals surface area contributed by atoms with Crippen LogP contribution in [0.1, 0.15) is 19.3 Å². The second-order valence-electron chi connectivity index (χ2n) is 5.64. The number of carboxylic acids is 1. The summed E-state index contributed by atoms with van der Waals surface area (Å²) in [6, 6.07) is -4.56. The maximum Gasteiger partial charge on any atom is 0.326 e. The predicted octanol–water partition coefficient (Wildman–Crippen LogP) is -5.38. The van der Waals surface area contributed by atoms with E-state index < -0.39 is 73.2 Å². The second kappa shape index (κ2) is 12.2. The number of hydrogen-bond donors (Lipinski definition) is 8. The van der Waals surface area contributed by atoms with Crippen LogP contribution in [0.15, 0.2) is 0 Å². The third-order valence-corrected chi connectivity index (χ3v) is 3.35. The van der Waals surface area contributed by atoms with Crippen LogP contribution in [-0.4, -0.2) is 77.0 Å². The van der Waals surface area contributed by atoms with Crippen LogP contribution in [0.4, 0.5) is 0 Å². The van der Waals surface area contributed by atoms with E-state index in [-0.39, 0.29) is 12.8 Å². The second-order valence-corrected chi connectivity index (χ2v) is 5.64. The first kappa shape index (κ1) is 24.7. The van der Waals surface area contributed by atoms with Gasteiger partial charge in [0.15, 0.2) is 0 Å². The summed E-state index contributed by atoms with van der Waals surface area (Å²) >= 11 is 0. The van der Waals surface area contributed by atoms with Gasteiger partial charge in [0.25, 0.3) is 0 Å². The van der Waals surface area contributed by atoms with Crippen molar-refractivity contribution in [3.8, 4) is 0 Å². The maximum absolute atomic E-state index is 12.2. The predicted molar refractivity (Wildman–Crippen MR) is 91.8 cm³/mol. The average Bonchev–Trinajstić information content (AvgIpc) is 2.60. The molecule has 0 aromatic carbocycles. The van der Waals surface area contributed by atoms with Crippen molar-refractivity contribution >= 4 is 35.5 Å². The molecule has 28 heavy (non-hydrogen) atoms. The van der Waals surface area contributed by atoms with Gasteiger partial charge in [0, 0.05) is 6.42 Å². The van der Waals surface area contributed by atoms with Crippen LogP contribution in [0.5, 0.6) is 0 Å². The normalized spacial score (nSPS) is 13.5. The zero-order chi connectivity index (χ0) is 21.9. The molecule has 14 nitrogen and oxygen atoms in total. The lowest BCUT2D eigenvalue weighted by atomic mass is 10.1. The average molecular weight is 404 g/mol. The van der Waals surface area contributed by atoms with Gasteiger partial charge in [0.2, 0.25) is 29.5 Å². The Morgan fingerprint density at radius 1 is 0.821 bits per heavy atom. The minimum Gasteiger partial charge on any atom is -0.480 e. The van der Waals surface area contributed by atoms with Crippen LogP contribution in [0.3, 0.4) is 0 Å². The summed E-state index contributed by atoms with van der Waals surface area (Å²) in [5, 5.41) is 24.6. The highest BCUT2D eigenvalue weighted by Crippen LogP contribution is 2.00. The monoisotopic (exact) mass is 404 g/mol. The Morgan fingerprint density at radius 3 is 1.79 bits per heavy atom. The topological polar surface area (TPSA) is 257 Å². The minimum absolute atomic E-state index is 0.306. The van der Waals surface area contributed by atoms with Gasteiger partial charge in [0.05, 0.1) is 19.6 Å². The summed E-state index contributed by atoms with van der Waals surface area (Å²) < 4.78 is 0. The van der Waals surface area contributed by atoms with Crippen LogP contribution in [0.25, 0.3) is 0 Å². The van der Waals surface area contributed by atoms with E-state index in [4.69, 9.17) is 22.3 Å². The third-order valence-electron chi connectivity index (χ3n) is 3.35. The van der Waals surface area contributed by atoms with Gasteiger partial charge < -0.3 is 43.4 Å². The number of nitrogens with one attached hydrogen (secondary N) is 3. The van der Waals surface area contributed by atoms with E-state index >= 15 is 0 Å². The van der Waals surface area contributed by atoms with E-state index in [2.05, 4.69) is 10.6 Å². The van der Waals surface area contributed by atoms with Gasteiger partial charge in [-0.1, -0.05) is 0 Å². The first-order chi connectivity index (χ1) is 13.0. The molecule has 3 atom stereocenters. The Balaban J connectivity index is 5.09. The van der Waals surface area contributed by atoms with Crippen molar-refractivity contribution in [1.82, 2.24) is 16.0 Å². The number of nitrogens with two attached hydrogens (primary N) is 3. The van der Waals surface area contributed by atoms with Crippen molar-refractivity contribution in [2.24, 2.45) is 17.2 Å². The zero-order valence-electron chi connectivity index (χ0n) is 14.8. The molecule has 5 amide bonds. The maximum atomic E-state index is 12.2. The number of primary amides is 2. The van der Waals surface area contributed by atoms with Crippen molar-refractivity contribution < 1.29 is 39.0 Å². The van der Waals surface area contributed by atoms with E-state index in [1.807, 2.05) is 5.32 Å². The molecule has 0 rings (SSSR count). The Bertz CT molecular complexity index is 625. The molecule has 0 saturated carbocycles. The molecule has 0 aromatic rings. The minimum atomic E-state index is -1.60. The SMILES string of the molecule is NCC(=O)NC(CC(N)=O)C(=O)NC(CO)C(=O)NC(CCC(N)=O)C(=O)O. The number of aliphatic hydroxyl groups excluding tert-OH is 1. The molecule has 0 radical (unpaired) electrons. The molecule has 0 aromatic heterocycles. The standard InChI is InChI=1S/C14H24N6O8/c15-4-11(24)18-7(3-10(17)23)12(25)20-8(5-21)13(26)19-6(14(27)28)1-2-9(16)22/h6-8,21H,1-5,15H2,(H2,16,22)(H2,17,23)(H,18,24)(H,19,26)(H,20,25)(H,27,28). The molecule has 0 aliphatic carbocycles. The Labute approximate surface area is 159 Å². The van der Waals surface area contributed by atoms with Gasteiger partial charge >= 0.3 is 5.97 Å². The fraction of sp³-hybridized carbons (Fsp3) is 0.571. The molecule has 14 heteroatoms. The van der Waals surface area contributed by atoms with Gasteiger partial charge in [0.1, 0.15) is 18.1 Å². The molecule has 0 bridgehead atoms. The number of amides is 5. The van der Waals surface area contributed by atoms with Crippen LogP contribution >= 0.6 is 0 Å². The van der Waals surface area contributed by atoms with Gasteiger partial charge in [-0.15, -0.1) is 0 Å². The summed E-state index contributed by atoms with van der Waals surface area (Å²) in [5.41, 5.74) is 15.0. The molecule has 0 spiro atoms. The number of carbonyl (C=O) groups excluding carboxylic acids is 5. The number of carbonyl (C=O) groups is 6. The Hall–Kier alpha value is -3.26. The first-order valence-electron chi connectivity index (χ1n) is 8.02. The largest absolute Gasteiger partial charge is 0.480 e. The van der Waals surface area contributed by atoms with Gasteiger partial charge in [-0.05, 0) is 6.42 Å². The van der Waals surface area contributed by atoms with Crippen LogP contribution in [0, 0.1) is 0 Å². The van der Waals surface area contributed by atoms with Crippen molar-refractivity contribution in [3.63, 3.8) is 0 Å². The molecule has 3 unspecified atom stereocenters. The molecule has 0 aliphatic rings. The Morgan fingerprint density at radius 2 is 1.36 bits per heavy atom. The highest BCUT2D eigenvalue weighted by Gasteiger charge is 2.29.